The minimum atomic E-state index is 0. The summed E-state index contributed by atoms with van der Waals surface area (Å²) < 4.78 is 0. The van der Waals surface area contributed by atoms with Gasteiger partial charge < -0.3 is 10.2 Å². The van der Waals surface area contributed by atoms with Gasteiger partial charge in [0.05, 0.1) is 0 Å². The molecule has 0 spiro atoms. The highest BCUT2D eigenvalue weighted by Crippen LogP contribution is 2.21. The second-order valence-electron chi connectivity index (χ2n) is 4.03. The number of nitrogens with one attached hydrogen (secondary N) is 1. The molecule has 3 heteroatoms. The first-order valence-electron chi connectivity index (χ1n) is 5.30. The van der Waals surface area contributed by atoms with Crippen LogP contribution >= 0.6 is 12.4 Å². The number of nitrogens with zero attached hydrogens (tertiary/aromatic N) is 1. The van der Waals surface area contributed by atoms with Crippen LogP contribution in [0.2, 0.25) is 0 Å². The molecule has 1 aromatic rings. The fourth-order valence-corrected chi connectivity index (χ4v) is 1.97. The van der Waals surface area contributed by atoms with Crippen LogP contribution in [0.4, 0.5) is 5.69 Å². The van der Waals surface area contributed by atoms with E-state index in [0.29, 0.717) is 0 Å². The normalized spacial score (nSPS) is 16.0. The van der Waals surface area contributed by atoms with Gasteiger partial charge in [-0.1, -0.05) is 12.1 Å². The average molecular weight is 227 g/mol. The van der Waals surface area contributed by atoms with Gasteiger partial charge in [-0.3, -0.25) is 0 Å². The molecular formula is C12H19ClN2. The van der Waals surface area contributed by atoms with E-state index in [1.165, 1.54) is 16.8 Å². The molecule has 0 bridgehead atoms. The van der Waals surface area contributed by atoms with Crippen LogP contribution in [0.1, 0.15) is 11.1 Å². The van der Waals surface area contributed by atoms with Crippen LogP contribution in [-0.4, -0.2) is 26.2 Å². The van der Waals surface area contributed by atoms with Gasteiger partial charge in [0.25, 0.3) is 0 Å². The summed E-state index contributed by atoms with van der Waals surface area (Å²) in [5.41, 5.74) is 4.15. The average Bonchev–Trinajstić information content (AvgIpc) is 2.23. The predicted octanol–water partition coefficient (Wildman–Crippen LogP) is 2.13. The minimum absolute atomic E-state index is 0. The molecule has 2 rings (SSSR count). The van der Waals surface area contributed by atoms with Gasteiger partial charge in [-0.25, -0.2) is 0 Å². The van der Waals surface area contributed by atoms with Crippen molar-refractivity contribution < 1.29 is 0 Å². The Morgan fingerprint density at radius 1 is 1.13 bits per heavy atom. The summed E-state index contributed by atoms with van der Waals surface area (Å²) in [4.78, 5) is 2.47. The summed E-state index contributed by atoms with van der Waals surface area (Å²) in [6.45, 7) is 8.82. The molecule has 1 N–H and O–H groups in total. The van der Waals surface area contributed by atoms with Gasteiger partial charge in [0, 0.05) is 31.9 Å². The highest BCUT2D eigenvalue weighted by molar-refractivity contribution is 5.85. The number of anilines is 1. The SMILES string of the molecule is Cc1ccc(C)c(N2CCNCC2)c1.Cl. The molecule has 1 aromatic carbocycles. The summed E-state index contributed by atoms with van der Waals surface area (Å²) in [6.07, 6.45) is 0. The number of rotatable bonds is 1. The molecule has 1 aliphatic rings. The monoisotopic (exact) mass is 226 g/mol. The van der Waals surface area contributed by atoms with Crippen molar-refractivity contribution in [2.24, 2.45) is 0 Å². The summed E-state index contributed by atoms with van der Waals surface area (Å²) in [5, 5.41) is 3.38. The lowest BCUT2D eigenvalue weighted by Gasteiger charge is -2.30. The topological polar surface area (TPSA) is 15.3 Å². The number of hydrogen-bond acceptors (Lipinski definition) is 2. The first-order valence-corrected chi connectivity index (χ1v) is 5.30. The van der Waals surface area contributed by atoms with Crippen LogP contribution in [0.25, 0.3) is 0 Å². The molecule has 0 amide bonds. The molecule has 0 aliphatic carbocycles. The van der Waals surface area contributed by atoms with E-state index in [1.807, 2.05) is 0 Å². The van der Waals surface area contributed by atoms with Gasteiger partial charge in [-0.2, -0.15) is 0 Å². The Balaban J connectivity index is 0.00000112. The number of benzene rings is 1. The first-order chi connectivity index (χ1) is 6.77. The van der Waals surface area contributed by atoms with Crippen molar-refractivity contribution in [2.75, 3.05) is 31.1 Å². The second-order valence-corrected chi connectivity index (χ2v) is 4.03. The first kappa shape index (κ1) is 12.3. The van der Waals surface area contributed by atoms with Crippen LogP contribution in [0.3, 0.4) is 0 Å². The molecule has 1 saturated heterocycles. The molecule has 15 heavy (non-hydrogen) atoms. The zero-order valence-electron chi connectivity index (χ0n) is 9.42. The van der Waals surface area contributed by atoms with Crippen LogP contribution < -0.4 is 10.2 Å². The van der Waals surface area contributed by atoms with Crippen molar-refractivity contribution >= 4 is 18.1 Å². The summed E-state index contributed by atoms with van der Waals surface area (Å²) in [6, 6.07) is 6.69. The molecule has 0 radical (unpaired) electrons. The largest absolute Gasteiger partial charge is 0.369 e. The van der Waals surface area contributed by atoms with Gasteiger partial charge in [0.2, 0.25) is 0 Å². The van der Waals surface area contributed by atoms with Gasteiger partial charge in [-0.05, 0) is 31.0 Å². The number of halogens is 1. The highest BCUT2D eigenvalue weighted by atomic mass is 35.5. The summed E-state index contributed by atoms with van der Waals surface area (Å²) in [5.74, 6) is 0. The minimum Gasteiger partial charge on any atom is -0.369 e. The Morgan fingerprint density at radius 3 is 2.47 bits per heavy atom. The Labute approximate surface area is 98.1 Å². The standard InChI is InChI=1S/C12H18N2.ClH/c1-10-3-4-11(2)12(9-10)14-7-5-13-6-8-14;/h3-4,9,13H,5-8H2,1-2H3;1H. The van der Waals surface area contributed by atoms with Crippen molar-refractivity contribution in [2.45, 2.75) is 13.8 Å². The second kappa shape index (κ2) is 5.38. The van der Waals surface area contributed by atoms with Crippen LogP contribution in [-0.2, 0) is 0 Å². The van der Waals surface area contributed by atoms with Crippen LogP contribution in [0.5, 0.6) is 0 Å². The third-order valence-corrected chi connectivity index (χ3v) is 2.82. The molecule has 0 aromatic heterocycles. The molecule has 0 atom stereocenters. The van der Waals surface area contributed by atoms with Crippen LogP contribution in [0, 0.1) is 13.8 Å². The Kier molecular flexibility index (Phi) is 4.43. The molecule has 0 unspecified atom stereocenters. The number of hydrogen-bond donors (Lipinski definition) is 1. The lowest BCUT2D eigenvalue weighted by molar-refractivity contribution is 0.588. The molecule has 0 saturated carbocycles. The molecule has 2 nitrogen and oxygen atoms in total. The van der Waals surface area contributed by atoms with Crippen molar-refractivity contribution in [1.29, 1.82) is 0 Å². The van der Waals surface area contributed by atoms with E-state index in [-0.39, 0.29) is 12.4 Å². The van der Waals surface area contributed by atoms with Crippen molar-refractivity contribution in [1.82, 2.24) is 5.32 Å². The predicted molar refractivity (Wildman–Crippen MR) is 68.2 cm³/mol. The van der Waals surface area contributed by atoms with Gasteiger partial charge >= 0.3 is 0 Å². The van der Waals surface area contributed by atoms with E-state index >= 15 is 0 Å². The van der Waals surface area contributed by atoms with Gasteiger partial charge in [-0.15, -0.1) is 12.4 Å². The van der Waals surface area contributed by atoms with E-state index in [4.69, 9.17) is 0 Å². The zero-order chi connectivity index (χ0) is 9.97. The van der Waals surface area contributed by atoms with Gasteiger partial charge in [0.1, 0.15) is 0 Å². The lowest BCUT2D eigenvalue weighted by atomic mass is 10.1. The molecule has 1 heterocycles. The number of aryl methyl sites for hydroxylation is 2. The lowest BCUT2D eigenvalue weighted by Crippen LogP contribution is -2.43. The fourth-order valence-electron chi connectivity index (χ4n) is 1.97. The maximum atomic E-state index is 3.38. The van der Waals surface area contributed by atoms with Crippen LogP contribution in [0.15, 0.2) is 18.2 Å². The van der Waals surface area contributed by atoms with E-state index < -0.39 is 0 Å². The zero-order valence-corrected chi connectivity index (χ0v) is 10.2. The van der Waals surface area contributed by atoms with E-state index in [1.54, 1.807) is 0 Å². The number of piperazine rings is 1. The van der Waals surface area contributed by atoms with E-state index in [2.05, 4.69) is 42.3 Å². The molecule has 84 valence electrons. The van der Waals surface area contributed by atoms with Crippen molar-refractivity contribution in [3.63, 3.8) is 0 Å². The third-order valence-electron chi connectivity index (χ3n) is 2.82. The summed E-state index contributed by atoms with van der Waals surface area (Å²) in [7, 11) is 0. The Morgan fingerprint density at radius 2 is 1.80 bits per heavy atom. The smallest absolute Gasteiger partial charge is 0.0399 e. The van der Waals surface area contributed by atoms with Crippen molar-refractivity contribution in [3.05, 3.63) is 29.3 Å². The van der Waals surface area contributed by atoms with E-state index in [0.717, 1.165) is 26.2 Å². The summed E-state index contributed by atoms with van der Waals surface area (Å²) >= 11 is 0. The molecular weight excluding hydrogens is 208 g/mol. The highest BCUT2D eigenvalue weighted by Gasteiger charge is 2.11. The molecule has 1 aliphatic heterocycles. The maximum Gasteiger partial charge on any atom is 0.0399 e. The molecule has 1 fully saturated rings. The fraction of sp³-hybridized carbons (Fsp3) is 0.500. The Hall–Kier alpha value is -0.730. The van der Waals surface area contributed by atoms with Crippen molar-refractivity contribution in [3.8, 4) is 0 Å². The Bertz CT molecular complexity index is 319. The van der Waals surface area contributed by atoms with E-state index in [9.17, 15) is 0 Å². The van der Waals surface area contributed by atoms with Gasteiger partial charge in [0.15, 0.2) is 0 Å². The third kappa shape index (κ3) is 2.86. The quantitative estimate of drug-likeness (QED) is 0.790. The maximum absolute atomic E-state index is 3.38.